The lowest BCUT2D eigenvalue weighted by molar-refractivity contribution is 0.560. The number of benzene rings is 1. The fourth-order valence-corrected chi connectivity index (χ4v) is 3.04. The summed E-state index contributed by atoms with van der Waals surface area (Å²) in [5.74, 6) is 1.16. The van der Waals surface area contributed by atoms with Crippen molar-refractivity contribution >= 4 is 11.4 Å². The van der Waals surface area contributed by atoms with E-state index in [2.05, 4.69) is 44.2 Å². The van der Waals surface area contributed by atoms with Crippen LogP contribution in [0.3, 0.4) is 0 Å². The summed E-state index contributed by atoms with van der Waals surface area (Å²) in [6.45, 7) is 4.09. The van der Waals surface area contributed by atoms with Crippen LogP contribution in [-0.4, -0.2) is 22.6 Å². The number of nitrogens with zero attached hydrogens (tertiary/aromatic N) is 3. The lowest BCUT2D eigenvalue weighted by Crippen LogP contribution is -2.33. The fourth-order valence-electron chi connectivity index (χ4n) is 3.04. The van der Waals surface area contributed by atoms with Gasteiger partial charge in [0, 0.05) is 43.4 Å². The van der Waals surface area contributed by atoms with Crippen LogP contribution in [0.1, 0.15) is 17.8 Å². The molecule has 2 aromatic rings. The molecule has 4 heteroatoms. The summed E-state index contributed by atoms with van der Waals surface area (Å²) in [4.78, 5) is 6.84. The van der Waals surface area contributed by atoms with Gasteiger partial charge in [-0.15, -0.1) is 0 Å². The van der Waals surface area contributed by atoms with Crippen molar-refractivity contribution in [1.82, 2.24) is 9.55 Å². The highest BCUT2D eigenvalue weighted by atomic mass is 15.2. The molecule has 98 valence electrons. The molecule has 0 bridgehead atoms. The van der Waals surface area contributed by atoms with Crippen molar-refractivity contribution in [3.8, 4) is 0 Å². The number of hydrogen-bond donors (Lipinski definition) is 1. The number of aryl methyl sites for hydroxylation is 1. The van der Waals surface area contributed by atoms with Crippen LogP contribution in [0.2, 0.25) is 0 Å². The largest absolute Gasteiger partial charge is 0.385 e. The van der Waals surface area contributed by atoms with Crippen LogP contribution < -0.4 is 10.2 Å². The van der Waals surface area contributed by atoms with Crippen LogP contribution in [-0.2, 0) is 19.5 Å². The van der Waals surface area contributed by atoms with E-state index >= 15 is 0 Å². The van der Waals surface area contributed by atoms with Crippen LogP contribution >= 0.6 is 0 Å². The third kappa shape index (κ3) is 1.87. The second kappa shape index (κ2) is 4.30. The molecule has 0 atom stereocenters. The molecule has 2 aliphatic rings. The van der Waals surface area contributed by atoms with Crippen LogP contribution in [0.25, 0.3) is 0 Å². The van der Waals surface area contributed by atoms with Gasteiger partial charge in [-0.2, -0.15) is 0 Å². The Morgan fingerprint density at radius 3 is 3.21 bits per heavy atom. The Labute approximate surface area is 113 Å². The molecule has 0 amide bonds. The predicted molar refractivity (Wildman–Crippen MR) is 76.5 cm³/mol. The maximum atomic E-state index is 4.43. The SMILES string of the molecule is c1cn2c(n1)CN(c1ccc3c(c1)NCCC3)CC2. The van der Waals surface area contributed by atoms with Gasteiger partial charge >= 0.3 is 0 Å². The number of rotatable bonds is 1. The Balaban J connectivity index is 1.63. The average molecular weight is 254 g/mol. The highest BCUT2D eigenvalue weighted by Crippen LogP contribution is 2.29. The highest BCUT2D eigenvalue weighted by Gasteiger charge is 2.18. The maximum absolute atomic E-state index is 4.43. The molecule has 4 nitrogen and oxygen atoms in total. The smallest absolute Gasteiger partial charge is 0.128 e. The number of fused-ring (bicyclic) bond motifs is 2. The van der Waals surface area contributed by atoms with Crippen LogP contribution in [0, 0.1) is 0 Å². The van der Waals surface area contributed by atoms with Gasteiger partial charge in [0.05, 0.1) is 6.54 Å². The van der Waals surface area contributed by atoms with Crippen LogP contribution in [0.15, 0.2) is 30.6 Å². The number of anilines is 2. The quantitative estimate of drug-likeness (QED) is 0.847. The van der Waals surface area contributed by atoms with Crippen molar-refractivity contribution in [3.05, 3.63) is 42.0 Å². The van der Waals surface area contributed by atoms with Crippen molar-refractivity contribution in [2.45, 2.75) is 25.9 Å². The molecule has 0 saturated carbocycles. The molecule has 0 unspecified atom stereocenters. The van der Waals surface area contributed by atoms with Gasteiger partial charge in [0.25, 0.3) is 0 Å². The van der Waals surface area contributed by atoms with E-state index in [1.807, 2.05) is 6.20 Å². The zero-order chi connectivity index (χ0) is 12.7. The highest BCUT2D eigenvalue weighted by molar-refractivity contribution is 5.63. The van der Waals surface area contributed by atoms with Crippen molar-refractivity contribution in [2.75, 3.05) is 23.3 Å². The second-order valence-corrected chi connectivity index (χ2v) is 5.33. The number of nitrogens with one attached hydrogen (secondary N) is 1. The molecule has 3 heterocycles. The van der Waals surface area contributed by atoms with E-state index in [0.717, 1.165) is 32.0 Å². The topological polar surface area (TPSA) is 33.1 Å². The van der Waals surface area contributed by atoms with Crippen molar-refractivity contribution < 1.29 is 0 Å². The predicted octanol–water partition coefficient (Wildman–Crippen LogP) is 2.26. The van der Waals surface area contributed by atoms with Crippen molar-refractivity contribution in [2.24, 2.45) is 0 Å². The lowest BCUT2D eigenvalue weighted by Gasteiger charge is -2.30. The third-order valence-electron chi connectivity index (χ3n) is 4.14. The first-order valence-corrected chi connectivity index (χ1v) is 7.02. The summed E-state index contributed by atoms with van der Waals surface area (Å²) in [5, 5.41) is 3.51. The molecule has 1 aromatic carbocycles. The van der Waals surface area contributed by atoms with Gasteiger partial charge in [-0.1, -0.05) is 6.07 Å². The molecule has 2 aliphatic heterocycles. The summed E-state index contributed by atoms with van der Waals surface area (Å²) >= 11 is 0. The third-order valence-corrected chi connectivity index (χ3v) is 4.14. The minimum absolute atomic E-state index is 0.909. The maximum Gasteiger partial charge on any atom is 0.128 e. The minimum atomic E-state index is 0.909. The number of hydrogen-bond acceptors (Lipinski definition) is 3. The average Bonchev–Trinajstić information content (AvgIpc) is 2.94. The standard InChI is InChI=1S/C15H18N4/c1-2-12-3-4-13(10-14(12)16-5-1)19-9-8-18-7-6-17-15(18)11-19/h3-4,6-7,10,16H,1-2,5,8-9,11H2. The molecule has 0 aliphatic carbocycles. The Bertz CT molecular complexity index is 602. The van der Waals surface area contributed by atoms with Gasteiger partial charge in [-0.05, 0) is 30.5 Å². The van der Waals surface area contributed by atoms with Gasteiger partial charge < -0.3 is 14.8 Å². The van der Waals surface area contributed by atoms with E-state index in [9.17, 15) is 0 Å². The molecule has 1 aromatic heterocycles. The van der Waals surface area contributed by atoms with E-state index in [0.29, 0.717) is 0 Å². The summed E-state index contributed by atoms with van der Waals surface area (Å²) in [5.41, 5.74) is 4.08. The fraction of sp³-hybridized carbons (Fsp3) is 0.400. The van der Waals surface area contributed by atoms with Gasteiger partial charge in [0.1, 0.15) is 5.82 Å². The van der Waals surface area contributed by atoms with Crippen LogP contribution in [0.4, 0.5) is 11.4 Å². The lowest BCUT2D eigenvalue weighted by atomic mass is 10.0. The molecule has 0 spiro atoms. The van der Waals surface area contributed by atoms with E-state index in [1.54, 1.807) is 0 Å². The Morgan fingerprint density at radius 2 is 2.21 bits per heavy atom. The number of imidazole rings is 1. The Morgan fingerprint density at radius 1 is 1.21 bits per heavy atom. The van der Waals surface area contributed by atoms with E-state index < -0.39 is 0 Å². The first kappa shape index (κ1) is 10.9. The molecule has 0 saturated heterocycles. The first-order chi connectivity index (χ1) is 9.40. The van der Waals surface area contributed by atoms with Gasteiger partial charge in [-0.25, -0.2) is 4.98 Å². The Kier molecular flexibility index (Phi) is 2.47. The van der Waals surface area contributed by atoms with E-state index in [1.165, 1.54) is 29.8 Å². The molecule has 0 radical (unpaired) electrons. The minimum Gasteiger partial charge on any atom is -0.385 e. The monoisotopic (exact) mass is 254 g/mol. The molecular weight excluding hydrogens is 236 g/mol. The van der Waals surface area contributed by atoms with Gasteiger partial charge in [0.2, 0.25) is 0 Å². The van der Waals surface area contributed by atoms with Gasteiger partial charge in [-0.3, -0.25) is 0 Å². The van der Waals surface area contributed by atoms with Crippen molar-refractivity contribution in [3.63, 3.8) is 0 Å². The summed E-state index contributed by atoms with van der Waals surface area (Å²) in [6, 6.07) is 6.83. The van der Waals surface area contributed by atoms with E-state index in [4.69, 9.17) is 0 Å². The van der Waals surface area contributed by atoms with Crippen molar-refractivity contribution in [1.29, 1.82) is 0 Å². The second-order valence-electron chi connectivity index (χ2n) is 5.33. The Hall–Kier alpha value is -1.97. The van der Waals surface area contributed by atoms with E-state index in [-0.39, 0.29) is 0 Å². The molecule has 1 N–H and O–H groups in total. The summed E-state index contributed by atoms with van der Waals surface area (Å²) in [7, 11) is 0. The van der Waals surface area contributed by atoms with Crippen LogP contribution in [0.5, 0.6) is 0 Å². The molecule has 0 fully saturated rings. The normalized spacial score (nSPS) is 17.6. The van der Waals surface area contributed by atoms with Gasteiger partial charge in [0.15, 0.2) is 0 Å². The zero-order valence-electron chi connectivity index (χ0n) is 11.0. The number of aromatic nitrogens is 2. The molecular formula is C15H18N4. The molecule has 19 heavy (non-hydrogen) atoms. The summed E-state index contributed by atoms with van der Waals surface area (Å²) in [6.07, 6.45) is 6.41. The zero-order valence-corrected chi connectivity index (χ0v) is 11.0. The first-order valence-electron chi connectivity index (χ1n) is 7.02. The summed E-state index contributed by atoms with van der Waals surface area (Å²) < 4.78 is 2.24. The molecule has 4 rings (SSSR count).